The first-order valence-corrected chi connectivity index (χ1v) is 7.92. The van der Waals surface area contributed by atoms with Gasteiger partial charge in [-0.15, -0.1) is 0 Å². The highest BCUT2D eigenvalue weighted by molar-refractivity contribution is 6.31. The molecule has 0 saturated carbocycles. The molecule has 3 rings (SSSR count). The molecule has 132 valence electrons. The molecule has 0 atom stereocenters. The number of hydrogen-bond acceptors (Lipinski definition) is 5. The van der Waals surface area contributed by atoms with Crippen LogP contribution in [0, 0.1) is 5.82 Å². The van der Waals surface area contributed by atoms with Gasteiger partial charge in [-0.2, -0.15) is 0 Å². The molecule has 0 radical (unpaired) electrons. The van der Waals surface area contributed by atoms with Gasteiger partial charge >= 0.3 is 0 Å². The Hall–Kier alpha value is -3.19. The fourth-order valence-electron chi connectivity index (χ4n) is 2.12. The number of anilines is 3. The predicted octanol–water partition coefficient (Wildman–Crippen LogP) is 4.27. The number of benzene rings is 2. The van der Waals surface area contributed by atoms with Crippen LogP contribution in [0.3, 0.4) is 0 Å². The van der Waals surface area contributed by atoms with Gasteiger partial charge in [0.2, 0.25) is 5.95 Å². The van der Waals surface area contributed by atoms with E-state index < -0.39 is 5.82 Å². The van der Waals surface area contributed by atoms with Gasteiger partial charge in [0.15, 0.2) is 0 Å². The fraction of sp³-hybridized carbons (Fsp3) is 0.0556. The third-order valence-corrected chi connectivity index (χ3v) is 3.71. The molecule has 3 aromatic rings. The molecule has 2 N–H and O–H groups in total. The van der Waals surface area contributed by atoms with Gasteiger partial charge in [0.25, 0.3) is 5.91 Å². The summed E-state index contributed by atoms with van der Waals surface area (Å²) in [6, 6.07) is 11.2. The second-order valence-corrected chi connectivity index (χ2v) is 5.64. The molecule has 0 aliphatic rings. The molecule has 0 bridgehead atoms. The summed E-state index contributed by atoms with van der Waals surface area (Å²) in [5, 5.41) is 5.61. The van der Waals surface area contributed by atoms with Crippen molar-refractivity contribution in [2.75, 3.05) is 17.7 Å². The van der Waals surface area contributed by atoms with Crippen LogP contribution in [-0.2, 0) is 0 Å². The second kappa shape index (κ2) is 7.79. The van der Waals surface area contributed by atoms with E-state index in [2.05, 4.69) is 20.6 Å². The topological polar surface area (TPSA) is 76.1 Å². The molecule has 1 aromatic heterocycles. The van der Waals surface area contributed by atoms with Crippen molar-refractivity contribution in [2.45, 2.75) is 0 Å². The van der Waals surface area contributed by atoms with Crippen LogP contribution in [0.25, 0.3) is 0 Å². The monoisotopic (exact) mass is 372 g/mol. The van der Waals surface area contributed by atoms with Crippen LogP contribution in [0.2, 0.25) is 5.02 Å². The summed E-state index contributed by atoms with van der Waals surface area (Å²) in [7, 11) is 1.55. The van der Waals surface area contributed by atoms with E-state index in [1.807, 2.05) is 0 Å². The molecule has 8 heteroatoms. The average molecular weight is 373 g/mol. The number of ether oxygens (including phenoxy) is 1. The Morgan fingerprint density at radius 3 is 2.58 bits per heavy atom. The lowest BCUT2D eigenvalue weighted by Crippen LogP contribution is -2.13. The Labute approximate surface area is 154 Å². The lowest BCUT2D eigenvalue weighted by molar-refractivity contribution is 0.102. The van der Waals surface area contributed by atoms with E-state index in [-0.39, 0.29) is 22.4 Å². The molecule has 0 spiro atoms. The van der Waals surface area contributed by atoms with Crippen molar-refractivity contribution < 1.29 is 13.9 Å². The molecule has 1 amide bonds. The number of hydrogen-bond donors (Lipinski definition) is 2. The summed E-state index contributed by atoms with van der Waals surface area (Å²) >= 11 is 5.73. The minimum absolute atomic E-state index is 0.00992. The van der Waals surface area contributed by atoms with Gasteiger partial charge in [0.1, 0.15) is 11.6 Å². The van der Waals surface area contributed by atoms with Crippen LogP contribution in [0.4, 0.5) is 21.7 Å². The average Bonchev–Trinajstić information content (AvgIpc) is 2.65. The smallest absolute Gasteiger partial charge is 0.258 e. The van der Waals surface area contributed by atoms with Gasteiger partial charge in [-0.25, -0.2) is 14.4 Å². The first kappa shape index (κ1) is 17.6. The first-order chi connectivity index (χ1) is 12.5. The van der Waals surface area contributed by atoms with Crippen molar-refractivity contribution in [2.24, 2.45) is 0 Å². The molecule has 6 nitrogen and oxygen atoms in total. The quantitative estimate of drug-likeness (QED) is 0.699. The van der Waals surface area contributed by atoms with Gasteiger partial charge < -0.3 is 15.4 Å². The van der Waals surface area contributed by atoms with Crippen molar-refractivity contribution in [1.29, 1.82) is 0 Å². The predicted molar refractivity (Wildman–Crippen MR) is 97.7 cm³/mol. The van der Waals surface area contributed by atoms with E-state index in [4.69, 9.17) is 16.3 Å². The molecule has 0 saturated heterocycles. The normalized spacial score (nSPS) is 10.3. The zero-order valence-electron chi connectivity index (χ0n) is 13.7. The van der Waals surface area contributed by atoms with Crippen LogP contribution < -0.4 is 15.4 Å². The minimum atomic E-state index is -0.511. The minimum Gasteiger partial charge on any atom is -0.497 e. The van der Waals surface area contributed by atoms with Crippen LogP contribution >= 0.6 is 11.6 Å². The zero-order chi connectivity index (χ0) is 18.5. The van der Waals surface area contributed by atoms with Gasteiger partial charge in [-0.3, -0.25) is 4.79 Å². The molecule has 1 heterocycles. The summed E-state index contributed by atoms with van der Waals surface area (Å²) in [5.41, 5.74) is 1.41. The number of carbonyl (C=O) groups excluding carboxylic acids is 1. The third-order valence-electron chi connectivity index (χ3n) is 3.42. The molecule has 2 aromatic carbocycles. The highest BCUT2D eigenvalue weighted by Gasteiger charge is 2.09. The summed E-state index contributed by atoms with van der Waals surface area (Å²) in [6.07, 6.45) is 2.77. The number of carbonyl (C=O) groups is 1. The lowest BCUT2D eigenvalue weighted by Gasteiger charge is -2.08. The molecule has 0 aliphatic heterocycles. The molecular formula is C18H14ClFN4O2. The summed E-state index contributed by atoms with van der Waals surface area (Å²) in [4.78, 5) is 20.4. The van der Waals surface area contributed by atoms with Crippen molar-refractivity contribution >= 4 is 34.8 Å². The van der Waals surface area contributed by atoms with Crippen molar-refractivity contribution in [3.8, 4) is 5.75 Å². The molecular weight excluding hydrogens is 359 g/mol. The Morgan fingerprint density at radius 1 is 1.12 bits per heavy atom. The number of halogens is 2. The Morgan fingerprint density at radius 2 is 1.88 bits per heavy atom. The second-order valence-electron chi connectivity index (χ2n) is 5.24. The zero-order valence-corrected chi connectivity index (χ0v) is 14.4. The van der Waals surface area contributed by atoms with Crippen molar-refractivity contribution in [3.05, 3.63) is 71.3 Å². The van der Waals surface area contributed by atoms with Crippen molar-refractivity contribution in [3.63, 3.8) is 0 Å². The fourth-order valence-corrected chi connectivity index (χ4v) is 2.30. The number of methoxy groups -OCH3 is 1. The van der Waals surface area contributed by atoms with Crippen LogP contribution in [-0.4, -0.2) is 23.0 Å². The lowest BCUT2D eigenvalue weighted by atomic mass is 10.2. The van der Waals surface area contributed by atoms with E-state index in [9.17, 15) is 9.18 Å². The van der Waals surface area contributed by atoms with Crippen LogP contribution in [0.1, 0.15) is 10.4 Å². The molecule has 26 heavy (non-hydrogen) atoms. The summed E-state index contributed by atoms with van der Waals surface area (Å²) in [6.45, 7) is 0. The van der Waals surface area contributed by atoms with Crippen LogP contribution in [0.15, 0.2) is 54.9 Å². The van der Waals surface area contributed by atoms with Gasteiger partial charge in [0, 0.05) is 29.8 Å². The number of aromatic nitrogens is 2. The summed E-state index contributed by atoms with van der Waals surface area (Å²) < 4.78 is 18.3. The number of nitrogens with zero attached hydrogens (tertiary/aromatic N) is 2. The molecule has 0 fully saturated rings. The van der Waals surface area contributed by atoms with E-state index in [1.54, 1.807) is 31.4 Å². The number of nitrogens with one attached hydrogen (secondary N) is 2. The maximum Gasteiger partial charge on any atom is 0.258 e. The largest absolute Gasteiger partial charge is 0.497 e. The van der Waals surface area contributed by atoms with Gasteiger partial charge in [0.05, 0.1) is 17.7 Å². The SMILES string of the molecule is COc1cccc(NC(=O)c2cnc(Nc3ccc(F)c(Cl)c3)nc2)c1. The highest BCUT2D eigenvalue weighted by atomic mass is 35.5. The van der Waals surface area contributed by atoms with E-state index in [1.165, 1.54) is 30.6 Å². The first-order valence-electron chi connectivity index (χ1n) is 7.54. The Balaban J connectivity index is 1.68. The van der Waals surface area contributed by atoms with Crippen molar-refractivity contribution in [1.82, 2.24) is 9.97 Å². The van der Waals surface area contributed by atoms with E-state index in [0.717, 1.165) is 0 Å². The summed E-state index contributed by atoms with van der Waals surface area (Å²) in [5.74, 6) is 0.0273. The van der Waals surface area contributed by atoms with Gasteiger partial charge in [-0.05, 0) is 30.3 Å². The maximum absolute atomic E-state index is 13.2. The molecule has 0 unspecified atom stereocenters. The van der Waals surface area contributed by atoms with E-state index >= 15 is 0 Å². The third kappa shape index (κ3) is 4.25. The number of rotatable bonds is 5. The standard InChI is InChI=1S/C18H14ClFN4O2/c1-26-14-4-2-3-12(7-14)23-17(25)11-9-21-18(22-10-11)24-13-5-6-16(20)15(19)8-13/h2-10H,1H3,(H,23,25)(H,21,22,24). The highest BCUT2D eigenvalue weighted by Crippen LogP contribution is 2.21. The van der Waals surface area contributed by atoms with Gasteiger partial charge in [-0.1, -0.05) is 17.7 Å². The molecule has 0 aliphatic carbocycles. The van der Waals surface area contributed by atoms with E-state index in [0.29, 0.717) is 17.1 Å². The number of amides is 1. The Bertz CT molecular complexity index is 935. The maximum atomic E-state index is 13.2. The Kier molecular flexibility index (Phi) is 5.28. The van der Waals surface area contributed by atoms with Crippen LogP contribution in [0.5, 0.6) is 5.75 Å².